The average Bonchev–Trinajstić information content (AvgIpc) is 2.82. The molecule has 0 fully saturated rings. The van der Waals surface area contributed by atoms with Crippen molar-refractivity contribution in [3.63, 3.8) is 0 Å². The monoisotopic (exact) mass is 891 g/mol. The zero-order valence-electron chi connectivity index (χ0n) is 18.2. The van der Waals surface area contributed by atoms with Gasteiger partial charge in [0.15, 0.2) is 23.3 Å². The summed E-state index contributed by atoms with van der Waals surface area (Å²) >= 11 is 5.86. The van der Waals surface area contributed by atoms with Crippen LogP contribution in [0.5, 0.6) is 11.5 Å². The van der Waals surface area contributed by atoms with E-state index in [1.165, 1.54) is 12.1 Å². The fourth-order valence-corrected chi connectivity index (χ4v) is 5.90. The van der Waals surface area contributed by atoms with Crippen LogP contribution in [0.1, 0.15) is 20.7 Å². The minimum Gasteiger partial charge on any atom is -0.744 e. The van der Waals surface area contributed by atoms with Crippen LogP contribution >= 0.6 is 67.8 Å². The van der Waals surface area contributed by atoms with E-state index in [0.29, 0.717) is 12.9 Å². The lowest BCUT2D eigenvalue weighted by atomic mass is 10.2. The van der Waals surface area contributed by atoms with Crippen molar-refractivity contribution in [1.82, 2.24) is 0 Å². The van der Waals surface area contributed by atoms with Crippen molar-refractivity contribution in [2.24, 2.45) is 0 Å². The van der Waals surface area contributed by atoms with Gasteiger partial charge in [-0.05, 0) is 104 Å². The van der Waals surface area contributed by atoms with Crippen LogP contribution in [0.4, 0.5) is 17.6 Å². The Labute approximate surface area is 253 Å². The second-order valence-corrected chi connectivity index (χ2v) is 11.9. The lowest BCUT2D eigenvalue weighted by molar-refractivity contribution is 0.0434. The summed E-state index contributed by atoms with van der Waals surface area (Å²) in [5.41, 5.74) is -1.64. The standard InChI is InChI=1S/C22H11F4I3O8S/c23-15-14(16(24)18(26)20(17(15)25)38(32,33)34)22(31)36-6-5-35-19-12(28)7-9(8-13(19)29)21(30)37-11-3-1-10(27)2-4-11/h1-4,7-8H,5-6H2,(H,32,33,34)/p-1. The molecule has 0 N–H and O–H groups in total. The fourth-order valence-electron chi connectivity index (χ4n) is 2.84. The van der Waals surface area contributed by atoms with Gasteiger partial charge >= 0.3 is 11.9 Å². The van der Waals surface area contributed by atoms with Crippen molar-refractivity contribution in [2.45, 2.75) is 4.90 Å². The molecule has 16 heteroatoms. The Balaban J connectivity index is 1.66. The number of halogens is 7. The molecule has 0 aromatic heterocycles. The van der Waals surface area contributed by atoms with E-state index < -0.39 is 62.4 Å². The molecule has 8 nitrogen and oxygen atoms in total. The van der Waals surface area contributed by atoms with Gasteiger partial charge in [-0.25, -0.2) is 35.6 Å². The Morgan fingerprint density at radius 3 is 1.84 bits per heavy atom. The van der Waals surface area contributed by atoms with Crippen molar-refractivity contribution in [3.8, 4) is 11.5 Å². The highest BCUT2D eigenvalue weighted by Crippen LogP contribution is 2.30. The SMILES string of the molecule is O=C(Oc1ccc(I)cc1)c1cc(I)c(OCCOC(=O)c2c(F)c(F)c(S(=O)(=O)[O-])c(F)c2F)c(I)c1. The van der Waals surface area contributed by atoms with Crippen LogP contribution in [0.15, 0.2) is 41.3 Å². The number of hydrogen-bond acceptors (Lipinski definition) is 8. The summed E-state index contributed by atoms with van der Waals surface area (Å²) < 4.78 is 106. The lowest BCUT2D eigenvalue weighted by Crippen LogP contribution is -2.20. The average molecular weight is 891 g/mol. The summed E-state index contributed by atoms with van der Waals surface area (Å²) in [4.78, 5) is 22.1. The van der Waals surface area contributed by atoms with Crippen molar-refractivity contribution >= 4 is 89.8 Å². The Bertz CT molecular complexity index is 1480. The largest absolute Gasteiger partial charge is 0.744 e. The van der Waals surface area contributed by atoms with Gasteiger partial charge in [-0.15, -0.1) is 0 Å². The predicted octanol–water partition coefficient (Wildman–Crippen LogP) is 5.42. The number of hydrogen-bond donors (Lipinski definition) is 0. The first kappa shape index (κ1) is 30.8. The fraction of sp³-hybridized carbons (Fsp3) is 0.0909. The molecular weight excluding hydrogens is 881 g/mol. The van der Waals surface area contributed by atoms with Crippen molar-refractivity contribution in [2.75, 3.05) is 13.2 Å². The molecule has 0 spiro atoms. The van der Waals surface area contributed by atoms with E-state index >= 15 is 0 Å². The van der Waals surface area contributed by atoms with Gasteiger partial charge in [0.25, 0.3) is 0 Å². The van der Waals surface area contributed by atoms with Gasteiger partial charge in [0, 0.05) is 3.57 Å². The third kappa shape index (κ3) is 7.04. The number of esters is 2. The maximum atomic E-state index is 14.1. The summed E-state index contributed by atoms with van der Waals surface area (Å²) in [6, 6.07) is 9.75. The zero-order valence-corrected chi connectivity index (χ0v) is 25.5. The highest BCUT2D eigenvalue weighted by atomic mass is 127. The molecule has 0 radical (unpaired) electrons. The summed E-state index contributed by atoms with van der Waals surface area (Å²) in [6.07, 6.45) is 0. The first-order chi connectivity index (χ1) is 17.7. The quantitative estimate of drug-likeness (QED) is 0.0561. The third-order valence-corrected chi connectivity index (χ3v) is 7.68. The third-order valence-electron chi connectivity index (χ3n) is 4.50. The molecule has 3 aromatic carbocycles. The minimum atomic E-state index is -5.92. The van der Waals surface area contributed by atoms with E-state index in [1.807, 2.05) is 45.2 Å². The molecule has 3 rings (SSSR count). The Kier molecular flexibility index (Phi) is 10.2. The van der Waals surface area contributed by atoms with E-state index in [0.717, 1.165) is 3.57 Å². The number of ether oxygens (including phenoxy) is 3. The Morgan fingerprint density at radius 1 is 0.816 bits per heavy atom. The maximum absolute atomic E-state index is 14.1. The number of carbonyl (C=O) groups is 2. The van der Waals surface area contributed by atoms with Gasteiger partial charge in [-0.3, -0.25) is 0 Å². The van der Waals surface area contributed by atoms with Crippen molar-refractivity contribution in [3.05, 3.63) is 81.5 Å². The molecule has 0 aliphatic heterocycles. The molecule has 0 bridgehead atoms. The normalized spacial score (nSPS) is 11.3. The van der Waals surface area contributed by atoms with Crippen LogP contribution < -0.4 is 9.47 Å². The molecule has 0 saturated heterocycles. The van der Waals surface area contributed by atoms with Gasteiger partial charge in [-0.2, -0.15) is 0 Å². The van der Waals surface area contributed by atoms with Crippen molar-refractivity contribution < 1.29 is 54.3 Å². The first-order valence-electron chi connectivity index (χ1n) is 9.81. The molecule has 0 aliphatic carbocycles. The van der Waals surface area contributed by atoms with Crippen LogP contribution in [-0.4, -0.2) is 38.1 Å². The van der Waals surface area contributed by atoms with Crippen LogP contribution in [0, 0.1) is 34.0 Å². The molecule has 3 aromatic rings. The smallest absolute Gasteiger partial charge is 0.344 e. The second-order valence-electron chi connectivity index (χ2n) is 7.01. The molecule has 0 amide bonds. The maximum Gasteiger partial charge on any atom is 0.344 e. The Morgan fingerprint density at radius 2 is 1.34 bits per heavy atom. The van der Waals surface area contributed by atoms with E-state index in [1.54, 1.807) is 24.3 Å². The number of benzene rings is 3. The predicted molar refractivity (Wildman–Crippen MR) is 146 cm³/mol. The lowest BCUT2D eigenvalue weighted by Gasteiger charge is -2.14. The summed E-state index contributed by atoms with van der Waals surface area (Å²) in [6.45, 7) is -1.03. The molecular formula is C22H10F4I3O8S-. The van der Waals surface area contributed by atoms with E-state index in [-0.39, 0.29) is 17.9 Å². The van der Waals surface area contributed by atoms with Gasteiger partial charge in [0.2, 0.25) is 0 Å². The van der Waals surface area contributed by atoms with Gasteiger partial charge in [0.05, 0.1) is 12.7 Å². The van der Waals surface area contributed by atoms with Crippen LogP contribution in [0.3, 0.4) is 0 Å². The molecule has 0 heterocycles. The topological polar surface area (TPSA) is 119 Å². The van der Waals surface area contributed by atoms with Crippen molar-refractivity contribution in [1.29, 1.82) is 0 Å². The van der Waals surface area contributed by atoms with Gasteiger partial charge in [0.1, 0.15) is 45.3 Å². The minimum absolute atomic E-state index is 0.217. The van der Waals surface area contributed by atoms with Crippen LogP contribution in [0.25, 0.3) is 0 Å². The van der Waals surface area contributed by atoms with Crippen LogP contribution in [0.2, 0.25) is 0 Å². The van der Waals surface area contributed by atoms with Crippen LogP contribution in [-0.2, 0) is 14.9 Å². The van der Waals surface area contributed by atoms with E-state index in [2.05, 4.69) is 27.3 Å². The Hall–Kier alpha value is -1.78. The summed E-state index contributed by atoms with van der Waals surface area (Å²) in [5.74, 6) is -11.8. The zero-order chi connectivity index (χ0) is 28.4. The highest BCUT2D eigenvalue weighted by molar-refractivity contribution is 14.1. The van der Waals surface area contributed by atoms with E-state index in [9.17, 15) is 40.1 Å². The van der Waals surface area contributed by atoms with Gasteiger partial charge in [-0.1, -0.05) is 0 Å². The second kappa shape index (κ2) is 12.6. The highest BCUT2D eigenvalue weighted by Gasteiger charge is 2.32. The van der Waals surface area contributed by atoms with Gasteiger partial charge < -0.3 is 18.8 Å². The molecule has 0 aliphatic rings. The molecule has 0 unspecified atom stereocenters. The summed E-state index contributed by atoms with van der Waals surface area (Å²) in [7, 11) is -5.92. The van der Waals surface area contributed by atoms with E-state index in [4.69, 9.17) is 9.47 Å². The molecule has 38 heavy (non-hydrogen) atoms. The first-order valence-corrected chi connectivity index (χ1v) is 14.4. The number of carbonyl (C=O) groups excluding carboxylic acids is 2. The molecule has 202 valence electrons. The molecule has 0 saturated carbocycles. The summed E-state index contributed by atoms with van der Waals surface area (Å²) in [5, 5.41) is 0. The number of rotatable bonds is 8. The molecule has 0 atom stereocenters.